The summed E-state index contributed by atoms with van der Waals surface area (Å²) in [5.74, 6) is 0.315. The summed E-state index contributed by atoms with van der Waals surface area (Å²) in [5, 5.41) is 12.1. The number of benzene rings is 1. The molecule has 2 aromatic rings. The van der Waals surface area contributed by atoms with E-state index < -0.39 is 0 Å². The molecule has 0 saturated carbocycles. The van der Waals surface area contributed by atoms with E-state index in [0.717, 1.165) is 5.56 Å². The molecule has 0 radical (unpaired) electrons. The number of carbonyl (C=O) groups excluding carboxylic acids is 1. The van der Waals surface area contributed by atoms with E-state index in [9.17, 15) is 4.79 Å². The smallest absolute Gasteiger partial charge is 0.321 e. The van der Waals surface area contributed by atoms with Gasteiger partial charge in [-0.3, -0.25) is 5.32 Å². The van der Waals surface area contributed by atoms with Crippen LogP contribution in [0.4, 0.5) is 10.7 Å². The quantitative estimate of drug-likeness (QED) is 0.789. The van der Waals surface area contributed by atoms with Gasteiger partial charge in [-0.15, -0.1) is 0 Å². The minimum Gasteiger partial charge on any atom is -0.337 e. The number of urea groups is 1. The molecule has 0 aliphatic rings. The second-order valence-electron chi connectivity index (χ2n) is 3.59. The van der Waals surface area contributed by atoms with Crippen molar-refractivity contribution in [2.45, 2.75) is 6.42 Å². The fraction of sp³-hybridized carbons (Fsp3) is 0.182. The Bertz CT molecular complexity index is 514. The fourth-order valence-corrected chi connectivity index (χ4v) is 1.64. The summed E-state index contributed by atoms with van der Waals surface area (Å²) in [6.45, 7) is 0.514. The van der Waals surface area contributed by atoms with Crippen molar-refractivity contribution < 1.29 is 4.79 Å². The van der Waals surface area contributed by atoms with E-state index in [1.807, 2.05) is 24.3 Å². The van der Waals surface area contributed by atoms with Crippen LogP contribution in [-0.2, 0) is 6.42 Å². The maximum Gasteiger partial charge on any atom is 0.321 e. The highest BCUT2D eigenvalue weighted by Crippen LogP contribution is 2.10. The van der Waals surface area contributed by atoms with Gasteiger partial charge in [0.15, 0.2) is 0 Å². The van der Waals surface area contributed by atoms with E-state index in [0.29, 0.717) is 23.9 Å². The first-order valence-corrected chi connectivity index (χ1v) is 5.76. The van der Waals surface area contributed by atoms with E-state index in [4.69, 9.17) is 11.6 Å². The molecule has 18 heavy (non-hydrogen) atoms. The van der Waals surface area contributed by atoms with Crippen molar-refractivity contribution >= 4 is 23.6 Å². The minimum absolute atomic E-state index is 0.315. The van der Waals surface area contributed by atoms with Crippen LogP contribution in [0.2, 0.25) is 5.02 Å². The Morgan fingerprint density at radius 3 is 3.06 bits per heavy atom. The highest BCUT2D eigenvalue weighted by atomic mass is 35.5. The number of aromatic amines is 1. The van der Waals surface area contributed by atoms with Gasteiger partial charge in [-0.1, -0.05) is 23.7 Å². The summed E-state index contributed by atoms with van der Waals surface area (Å²) in [5.41, 5.74) is 1.07. The number of halogens is 1. The maximum absolute atomic E-state index is 11.4. The Kier molecular flexibility index (Phi) is 4.14. The van der Waals surface area contributed by atoms with E-state index in [-0.39, 0.29) is 6.03 Å². The number of carbonyl (C=O) groups is 1. The third-order valence-electron chi connectivity index (χ3n) is 2.24. The van der Waals surface area contributed by atoms with Gasteiger partial charge in [0.25, 0.3) is 0 Å². The molecule has 0 saturated heterocycles. The lowest BCUT2D eigenvalue weighted by Gasteiger charge is -2.05. The predicted octanol–water partition coefficient (Wildman–Crippen LogP) is 1.82. The summed E-state index contributed by atoms with van der Waals surface area (Å²) in [7, 11) is 0. The molecule has 7 heteroatoms. The van der Waals surface area contributed by atoms with Crippen LogP contribution in [0.5, 0.6) is 0 Å². The van der Waals surface area contributed by atoms with Crippen LogP contribution in [0, 0.1) is 0 Å². The lowest BCUT2D eigenvalue weighted by Crippen LogP contribution is -2.30. The van der Waals surface area contributed by atoms with Crippen molar-refractivity contribution in [3.05, 3.63) is 41.2 Å². The number of nitrogens with zero attached hydrogens (tertiary/aromatic N) is 2. The molecule has 0 atom stereocenters. The zero-order valence-electron chi connectivity index (χ0n) is 9.48. The van der Waals surface area contributed by atoms with Crippen molar-refractivity contribution in [1.82, 2.24) is 20.5 Å². The Hall–Kier alpha value is -2.08. The average Bonchev–Trinajstić information content (AvgIpc) is 2.82. The predicted molar refractivity (Wildman–Crippen MR) is 68.6 cm³/mol. The number of anilines is 1. The molecule has 1 aromatic carbocycles. The third-order valence-corrected chi connectivity index (χ3v) is 2.47. The molecule has 1 heterocycles. The van der Waals surface area contributed by atoms with Crippen LogP contribution in [0.15, 0.2) is 30.6 Å². The van der Waals surface area contributed by atoms with E-state index in [1.54, 1.807) is 0 Å². The number of hydrogen-bond donors (Lipinski definition) is 3. The Morgan fingerprint density at radius 2 is 2.33 bits per heavy atom. The van der Waals surface area contributed by atoms with Crippen molar-refractivity contribution in [3.8, 4) is 0 Å². The summed E-state index contributed by atoms with van der Waals surface area (Å²) in [4.78, 5) is 15.2. The van der Waals surface area contributed by atoms with E-state index in [1.165, 1.54) is 6.33 Å². The molecule has 0 fully saturated rings. The first-order valence-electron chi connectivity index (χ1n) is 5.39. The van der Waals surface area contributed by atoms with Gasteiger partial charge in [0.2, 0.25) is 5.95 Å². The normalized spacial score (nSPS) is 10.1. The zero-order chi connectivity index (χ0) is 12.8. The largest absolute Gasteiger partial charge is 0.337 e. The number of hydrogen-bond acceptors (Lipinski definition) is 3. The lowest BCUT2D eigenvalue weighted by molar-refractivity contribution is 0.252. The molecule has 0 bridgehead atoms. The number of amides is 2. The van der Waals surface area contributed by atoms with Crippen LogP contribution in [0.3, 0.4) is 0 Å². The molecule has 1 aromatic heterocycles. The average molecular weight is 266 g/mol. The first kappa shape index (κ1) is 12.4. The van der Waals surface area contributed by atoms with Crippen molar-refractivity contribution in [1.29, 1.82) is 0 Å². The van der Waals surface area contributed by atoms with E-state index in [2.05, 4.69) is 25.8 Å². The topological polar surface area (TPSA) is 82.7 Å². The standard InChI is InChI=1S/C11H12ClN5O/c12-9-3-1-2-8(6-9)4-5-13-11(18)16-10-14-7-15-17-10/h1-3,6-7H,4-5H2,(H3,13,14,15,16,17,18). The number of nitrogens with one attached hydrogen (secondary N) is 3. The van der Waals surface area contributed by atoms with E-state index >= 15 is 0 Å². The summed E-state index contributed by atoms with van der Waals surface area (Å²) in [6.07, 6.45) is 2.03. The monoisotopic (exact) mass is 265 g/mol. The third kappa shape index (κ3) is 3.74. The molecule has 3 N–H and O–H groups in total. The molecule has 0 spiro atoms. The Morgan fingerprint density at radius 1 is 1.44 bits per heavy atom. The van der Waals surface area contributed by atoms with Crippen LogP contribution in [-0.4, -0.2) is 27.8 Å². The molecule has 0 unspecified atom stereocenters. The molecule has 2 amide bonds. The summed E-state index contributed by atoms with van der Waals surface area (Å²) < 4.78 is 0. The fourth-order valence-electron chi connectivity index (χ4n) is 1.43. The second-order valence-corrected chi connectivity index (χ2v) is 4.03. The second kappa shape index (κ2) is 6.02. The van der Waals surface area contributed by atoms with Crippen molar-refractivity contribution in [2.24, 2.45) is 0 Å². The molecule has 2 rings (SSSR count). The maximum atomic E-state index is 11.4. The number of rotatable bonds is 4. The first-order chi connectivity index (χ1) is 8.74. The molecule has 0 aliphatic heterocycles. The SMILES string of the molecule is O=C(NCCc1cccc(Cl)c1)Nc1ncn[nH]1. The minimum atomic E-state index is -0.325. The van der Waals surface area contributed by atoms with Crippen LogP contribution in [0.25, 0.3) is 0 Å². The van der Waals surface area contributed by atoms with Gasteiger partial charge in [0, 0.05) is 11.6 Å². The van der Waals surface area contributed by atoms with Gasteiger partial charge in [-0.2, -0.15) is 10.1 Å². The molecule has 94 valence electrons. The highest BCUT2D eigenvalue weighted by molar-refractivity contribution is 6.30. The lowest BCUT2D eigenvalue weighted by atomic mass is 10.1. The molecular weight excluding hydrogens is 254 g/mol. The van der Waals surface area contributed by atoms with Crippen LogP contribution < -0.4 is 10.6 Å². The van der Waals surface area contributed by atoms with Gasteiger partial charge < -0.3 is 5.32 Å². The molecular formula is C11H12ClN5O. The van der Waals surface area contributed by atoms with Crippen molar-refractivity contribution in [2.75, 3.05) is 11.9 Å². The number of aromatic nitrogens is 3. The highest BCUT2D eigenvalue weighted by Gasteiger charge is 2.02. The summed E-state index contributed by atoms with van der Waals surface area (Å²) >= 11 is 5.86. The van der Waals surface area contributed by atoms with Gasteiger partial charge in [-0.25, -0.2) is 9.89 Å². The Labute approximate surface area is 109 Å². The Balaban J connectivity index is 1.73. The van der Waals surface area contributed by atoms with Crippen molar-refractivity contribution in [3.63, 3.8) is 0 Å². The van der Waals surface area contributed by atoms with Gasteiger partial charge in [0.05, 0.1) is 0 Å². The van der Waals surface area contributed by atoms with Gasteiger partial charge in [-0.05, 0) is 24.1 Å². The van der Waals surface area contributed by atoms with Crippen LogP contribution in [0.1, 0.15) is 5.56 Å². The van der Waals surface area contributed by atoms with Gasteiger partial charge in [0.1, 0.15) is 6.33 Å². The number of H-pyrrole nitrogens is 1. The van der Waals surface area contributed by atoms with Crippen LogP contribution >= 0.6 is 11.6 Å². The molecule has 6 nitrogen and oxygen atoms in total. The van der Waals surface area contributed by atoms with Gasteiger partial charge >= 0.3 is 6.03 Å². The molecule has 0 aliphatic carbocycles. The summed E-state index contributed by atoms with van der Waals surface area (Å²) in [6, 6.07) is 7.20. The zero-order valence-corrected chi connectivity index (χ0v) is 10.2.